The number of ether oxygens (including phenoxy) is 1. The smallest absolute Gasteiger partial charge is 0.341 e. The molecule has 4 heteroatoms. The van der Waals surface area contributed by atoms with Crippen molar-refractivity contribution in [3.8, 4) is 5.75 Å². The molecule has 0 spiro atoms. The lowest BCUT2D eigenvalue weighted by Crippen LogP contribution is -2.29. The van der Waals surface area contributed by atoms with Crippen LogP contribution in [0.2, 0.25) is 0 Å². The molecule has 3 aromatic rings. The van der Waals surface area contributed by atoms with Gasteiger partial charge in [0.25, 0.3) is 0 Å². The van der Waals surface area contributed by atoms with Gasteiger partial charge >= 0.3 is 5.97 Å². The van der Waals surface area contributed by atoms with Crippen LogP contribution < -0.4 is 10.1 Å². The predicted molar refractivity (Wildman–Crippen MR) is 120 cm³/mol. The molecule has 0 heterocycles. The molecule has 30 heavy (non-hydrogen) atoms. The normalized spacial score (nSPS) is 19.7. The third-order valence-corrected chi connectivity index (χ3v) is 6.23. The van der Waals surface area contributed by atoms with Crippen molar-refractivity contribution in [2.45, 2.75) is 51.1 Å². The maximum absolute atomic E-state index is 10.7. The van der Waals surface area contributed by atoms with Crippen LogP contribution in [0.5, 0.6) is 5.75 Å². The Morgan fingerprint density at radius 1 is 1.13 bits per heavy atom. The zero-order chi connectivity index (χ0) is 21.1. The quantitative estimate of drug-likeness (QED) is 0.539. The lowest BCUT2D eigenvalue weighted by molar-refractivity contribution is -0.139. The summed E-state index contributed by atoms with van der Waals surface area (Å²) in [6, 6.07) is 22.1. The van der Waals surface area contributed by atoms with Crippen LogP contribution in [0.15, 0.2) is 60.7 Å². The molecule has 1 fully saturated rings. The molecule has 0 unspecified atom stereocenters. The van der Waals surface area contributed by atoms with Crippen molar-refractivity contribution >= 4 is 16.7 Å². The minimum atomic E-state index is -0.955. The molecule has 0 bridgehead atoms. The van der Waals surface area contributed by atoms with E-state index in [2.05, 4.69) is 66.8 Å². The largest absolute Gasteiger partial charge is 0.482 e. The topological polar surface area (TPSA) is 58.6 Å². The van der Waals surface area contributed by atoms with Crippen molar-refractivity contribution in [3.05, 3.63) is 77.4 Å². The van der Waals surface area contributed by atoms with Gasteiger partial charge < -0.3 is 15.2 Å². The number of benzene rings is 3. The van der Waals surface area contributed by atoms with Gasteiger partial charge in [-0.2, -0.15) is 0 Å². The highest BCUT2D eigenvalue weighted by Crippen LogP contribution is 2.37. The maximum Gasteiger partial charge on any atom is 0.341 e. The van der Waals surface area contributed by atoms with Crippen LogP contribution >= 0.6 is 0 Å². The van der Waals surface area contributed by atoms with Crippen LogP contribution in [0.25, 0.3) is 10.8 Å². The molecule has 4 nitrogen and oxygen atoms in total. The highest BCUT2D eigenvalue weighted by Gasteiger charge is 2.27. The summed E-state index contributed by atoms with van der Waals surface area (Å²) in [5.74, 6) is 0.219. The molecule has 156 valence electrons. The first kappa shape index (κ1) is 20.4. The average molecular weight is 404 g/mol. The van der Waals surface area contributed by atoms with Crippen LogP contribution in [-0.4, -0.2) is 23.7 Å². The van der Waals surface area contributed by atoms with Crippen LogP contribution in [0, 0.1) is 6.92 Å². The molecule has 0 saturated heterocycles. The van der Waals surface area contributed by atoms with Gasteiger partial charge in [0.05, 0.1) is 0 Å². The van der Waals surface area contributed by atoms with E-state index in [4.69, 9.17) is 9.84 Å². The van der Waals surface area contributed by atoms with Crippen molar-refractivity contribution in [1.29, 1.82) is 0 Å². The Morgan fingerprint density at radius 2 is 1.93 bits per heavy atom. The zero-order valence-electron chi connectivity index (χ0n) is 17.6. The van der Waals surface area contributed by atoms with Gasteiger partial charge in [-0.1, -0.05) is 54.6 Å². The molecule has 2 N–H and O–H groups in total. The number of carboxylic acid groups (broad SMARTS) is 1. The monoisotopic (exact) mass is 403 g/mol. The van der Waals surface area contributed by atoms with E-state index in [1.54, 1.807) is 0 Å². The van der Waals surface area contributed by atoms with E-state index < -0.39 is 5.97 Å². The van der Waals surface area contributed by atoms with E-state index in [1.807, 2.05) is 13.0 Å². The van der Waals surface area contributed by atoms with Crippen molar-refractivity contribution in [2.24, 2.45) is 0 Å². The molecule has 1 aliphatic carbocycles. The van der Waals surface area contributed by atoms with Gasteiger partial charge in [0, 0.05) is 12.1 Å². The van der Waals surface area contributed by atoms with Crippen molar-refractivity contribution in [2.75, 3.05) is 6.61 Å². The Bertz CT molecular complexity index is 1040. The van der Waals surface area contributed by atoms with E-state index >= 15 is 0 Å². The number of carbonyl (C=O) groups is 1. The van der Waals surface area contributed by atoms with E-state index in [-0.39, 0.29) is 6.61 Å². The fourth-order valence-corrected chi connectivity index (χ4v) is 4.73. The van der Waals surface area contributed by atoms with Gasteiger partial charge in [0.1, 0.15) is 5.75 Å². The minimum Gasteiger partial charge on any atom is -0.482 e. The van der Waals surface area contributed by atoms with E-state index in [9.17, 15) is 4.79 Å². The molecule has 1 saturated carbocycles. The number of hydrogen-bond donors (Lipinski definition) is 2. The first-order valence-electron chi connectivity index (χ1n) is 10.7. The van der Waals surface area contributed by atoms with Crippen LogP contribution in [0.4, 0.5) is 0 Å². The molecular formula is C26H29NO3. The molecular weight excluding hydrogens is 374 g/mol. The summed E-state index contributed by atoms with van der Waals surface area (Å²) in [4.78, 5) is 10.7. The average Bonchev–Trinajstić information content (AvgIpc) is 3.20. The highest BCUT2D eigenvalue weighted by atomic mass is 16.5. The summed E-state index contributed by atoms with van der Waals surface area (Å²) < 4.78 is 5.36. The van der Waals surface area contributed by atoms with Crippen molar-refractivity contribution in [1.82, 2.24) is 5.32 Å². The summed E-state index contributed by atoms with van der Waals surface area (Å²) in [6.45, 7) is 3.93. The third kappa shape index (κ3) is 4.49. The van der Waals surface area contributed by atoms with E-state index in [0.29, 0.717) is 23.8 Å². The van der Waals surface area contributed by atoms with Gasteiger partial charge in [-0.25, -0.2) is 4.79 Å². The molecule has 0 radical (unpaired) electrons. The van der Waals surface area contributed by atoms with Crippen LogP contribution in [-0.2, 0) is 4.79 Å². The second kappa shape index (κ2) is 8.88. The Balaban J connectivity index is 1.41. The second-order valence-corrected chi connectivity index (χ2v) is 8.37. The standard InChI is InChI=1S/C26H29NO3/c1-17-14-20(11-13-25(17)30-16-26(28)29)21-10-12-22(15-21)27-18(2)23-9-5-7-19-6-3-4-8-24(19)23/h3-9,11,13-14,18,21-22,27H,10,12,15-16H2,1-2H3,(H,28,29)/t18-,21-,22+/m1/s1. The molecule has 0 amide bonds. The summed E-state index contributed by atoms with van der Waals surface area (Å²) >= 11 is 0. The van der Waals surface area contributed by atoms with E-state index in [1.165, 1.54) is 21.9 Å². The number of nitrogens with one attached hydrogen (secondary N) is 1. The van der Waals surface area contributed by atoms with E-state index in [0.717, 1.165) is 24.8 Å². The molecule has 0 aliphatic heterocycles. The first-order chi connectivity index (χ1) is 14.5. The molecule has 4 rings (SSSR count). The third-order valence-electron chi connectivity index (χ3n) is 6.23. The van der Waals surface area contributed by atoms with Gasteiger partial charge in [-0.3, -0.25) is 0 Å². The predicted octanol–water partition coefficient (Wildman–Crippen LogP) is 5.60. The second-order valence-electron chi connectivity index (χ2n) is 8.37. The summed E-state index contributed by atoms with van der Waals surface area (Å²) in [5, 5.41) is 15.3. The molecule has 0 aromatic heterocycles. The Hall–Kier alpha value is -2.85. The SMILES string of the molecule is Cc1cc([C@@H]2CC[C@H](N[C@H](C)c3cccc4ccccc34)C2)ccc1OCC(=O)O. The highest BCUT2D eigenvalue weighted by molar-refractivity contribution is 5.86. The molecule has 3 aromatic carbocycles. The number of hydrogen-bond acceptors (Lipinski definition) is 3. The van der Waals surface area contributed by atoms with Gasteiger partial charge in [-0.05, 0) is 72.6 Å². The molecule has 1 aliphatic rings. The summed E-state index contributed by atoms with van der Waals surface area (Å²) in [5.41, 5.74) is 3.67. The lowest BCUT2D eigenvalue weighted by atomic mass is 9.95. The number of rotatable bonds is 7. The van der Waals surface area contributed by atoms with Gasteiger partial charge in [-0.15, -0.1) is 0 Å². The fourth-order valence-electron chi connectivity index (χ4n) is 4.73. The lowest BCUT2D eigenvalue weighted by Gasteiger charge is -2.22. The number of carboxylic acids is 1. The summed E-state index contributed by atoms with van der Waals surface area (Å²) in [6.07, 6.45) is 3.44. The number of aliphatic carboxylic acids is 1. The number of aryl methyl sites for hydroxylation is 1. The minimum absolute atomic E-state index is 0.299. The number of fused-ring (bicyclic) bond motifs is 1. The summed E-state index contributed by atoms with van der Waals surface area (Å²) in [7, 11) is 0. The maximum atomic E-state index is 10.7. The Labute approximate surface area is 177 Å². The Morgan fingerprint density at radius 3 is 2.73 bits per heavy atom. The first-order valence-corrected chi connectivity index (χ1v) is 10.7. The van der Waals surface area contributed by atoms with Crippen molar-refractivity contribution < 1.29 is 14.6 Å². The Kier molecular flexibility index (Phi) is 6.05. The molecule has 3 atom stereocenters. The fraction of sp³-hybridized carbons (Fsp3) is 0.346. The van der Waals surface area contributed by atoms with Crippen LogP contribution in [0.3, 0.4) is 0 Å². The van der Waals surface area contributed by atoms with Crippen LogP contribution in [0.1, 0.15) is 54.8 Å². The van der Waals surface area contributed by atoms with Gasteiger partial charge in [0.15, 0.2) is 6.61 Å². The van der Waals surface area contributed by atoms with Crippen molar-refractivity contribution in [3.63, 3.8) is 0 Å². The van der Waals surface area contributed by atoms with Gasteiger partial charge in [0.2, 0.25) is 0 Å². The zero-order valence-corrected chi connectivity index (χ0v) is 17.6.